The number of nitrogens with zero attached hydrogens (tertiary/aromatic N) is 5. The largest absolute Gasteiger partial charge is 0.314 e. The van der Waals surface area contributed by atoms with Gasteiger partial charge >= 0.3 is 0 Å². The van der Waals surface area contributed by atoms with Crippen LogP contribution in [-0.2, 0) is 13.1 Å². The fourth-order valence-electron chi connectivity index (χ4n) is 2.81. The quantitative estimate of drug-likeness (QED) is 0.755. The van der Waals surface area contributed by atoms with Gasteiger partial charge in [0.25, 0.3) is 0 Å². The highest BCUT2D eigenvalue weighted by Crippen LogP contribution is 2.16. The second-order valence-corrected chi connectivity index (χ2v) is 5.43. The number of aryl methyl sites for hydroxylation is 1. The van der Waals surface area contributed by atoms with E-state index in [1.54, 1.807) is 0 Å². The third-order valence-electron chi connectivity index (χ3n) is 4.07. The predicted molar refractivity (Wildman–Crippen MR) is 80.2 cm³/mol. The lowest BCUT2D eigenvalue weighted by Gasteiger charge is -2.24. The van der Waals surface area contributed by atoms with Crippen molar-refractivity contribution in [2.75, 3.05) is 26.7 Å². The molecule has 1 aromatic heterocycles. The van der Waals surface area contributed by atoms with Crippen molar-refractivity contribution in [1.82, 2.24) is 24.6 Å². The Morgan fingerprint density at radius 1 is 1.40 bits per heavy atom. The van der Waals surface area contributed by atoms with E-state index < -0.39 is 0 Å². The molecule has 0 N–H and O–H groups in total. The van der Waals surface area contributed by atoms with Gasteiger partial charge < -0.3 is 4.57 Å². The Balaban J connectivity index is 1.91. The van der Waals surface area contributed by atoms with E-state index in [4.69, 9.17) is 0 Å². The molecule has 0 bridgehead atoms. The number of hydrogen-bond donors (Lipinski definition) is 0. The first kappa shape index (κ1) is 15.0. The summed E-state index contributed by atoms with van der Waals surface area (Å²) in [5.74, 6) is 8.19. The SMILES string of the molecule is CC#CCN1CCC(N(C)Cc2nnc(C)n2CC)C1. The minimum Gasteiger partial charge on any atom is -0.314 e. The normalized spacial score (nSPS) is 19.4. The molecule has 0 aliphatic carbocycles. The average Bonchev–Trinajstić information content (AvgIpc) is 3.03. The molecule has 1 saturated heterocycles. The standard InChI is InChI=1S/C15H25N5/c1-5-7-9-19-10-8-14(11-19)18(4)12-15-17-16-13(3)20(15)6-2/h14H,6,8-12H2,1-4H3. The monoisotopic (exact) mass is 275 g/mol. The summed E-state index contributed by atoms with van der Waals surface area (Å²) in [5.41, 5.74) is 0. The van der Waals surface area contributed by atoms with Gasteiger partial charge in [0.15, 0.2) is 0 Å². The van der Waals surface area contributed by atoms with Gasteiger partial charge in [-0.3, -0.25) is 9.80 Å². The Morgan fingerprint density at radius 2 is 2.20 bits per heavy atom. The summed E-state index contributed by atoms with van der Waals surface area (Å²) in [6.45, 7) is 11.0. The van der Waals surface area contributed by atoms with Gasteiger partial charge in [-0.2, -0.15) is 0 Å². The van der Waals surface area contributed by atoms with Crippen LogP contribution < -0.4 is 0 Å². The van der Waals surface area contributed by atoms with Crippen LogP contribution in [0.5, 0.6) is 0 Å². The number of hydrogen-bond acceptors (Lipinski definition) is 4. The maximum absolute atomic E-state index is 4.30. The van der Waals surface area contributed by atoms with Crippen molar-refractivity contribution in [3.05, 3.63) is 11.6 Å². The molecular formula is C15H25N5. The van der Waals surface area contributed by atoms with Crippen LogP contribution in [0, 0.1) is 18.8 Å². The van der Waals surface area contributed by atoms with Crippen LogP contribution in [0.3, 0.4) is 0 Å². The van der Waals surface area contributed by atoms with E-state index in [1.165, 1.54) is 6.42 Å². The molecule has 5 heteroatoms. The molecule has 0 radical (unpaired) electrons. The zero-order chi connectivity index (χ0) is 14.5. The van der Waals surface area contributed by atoms with E-state index in [0.29, 0.717) is 6.04 Å². The van der Waals surface area contributed by atoms with Crippen molar-refractivity contribution in [3.8, 4) is 11.8 Å². The number of likely N-dealkylation sites (tertiary alicyclic amines) is 1. The molecule has 0 saturated carbocycles. The Kier molecular flexibility index (Phi) is 5.16. The number of rotatable bonds is 5. The first-order valence-electron chi connectivity index (χ1n) is 7.36. The summed E-state index contributed by atoms with van der Waals surface area (Å²) in [5, 5.41) is 8.48. The highest BCUT2D eigenvalue weighted by molar-refractivity contribution is 5.00. The van der Waals surface area contributed by atoms with Gasteiger partial charge in [0.2, 0.25) is 0 Å². The highest BCUT2D eigenvalue weighted by atomic mass is 15.3. The van der Waals surface area contributed by atoms with Crippen LogP contribution in [0.4, 0.5) is 0 Å². The van der Waals surface area contributed by atoms with Crippen LogP contribution in [0.1, 0.15) is 31.9 Å². The van der Waals surface area contributed by atoms with Crippen molar-refractivity contribution >= 4 is 0 Å². The second kappa shape index (κ2) is 6.87. The molecule has 0 amide bonds. The van der Waals surface area contributed by atoms with Crippen molar-refractivity contribution < 1.29 is 0 Å². The highest BCUT2D eigenvalue weighted by Gasteiger charge is 2.26. The van der Waals surface area contributed by atoms with Crippen LogP contribution in [0.25, 0.3) is 0 Å². The van der Waals surface area contributed by atoms with Crippen molar-refractivity contribution in [2.45, 2.75) is 46.3 Å². The third-order valence-corrected chi connectivity index (χ3v) is 4.07. The molecule has 1 atom stereocenters. The maximum Gasteiger partial charge on any atom is 0.147 e. The topological polar surface area (TPSA) is 37.2 Å². The molecule has 1 aliphatic heterocycles. The Hall–Kier alpha value is -1.38. The van der Waals surface area contributed by atoms with E-state index >= 15 is 0 Å². The van der Waals surface area contributed by atoms with E-state index in [2.05, 4.69) is 50.4 Å². The van der Waals surface area contributed by atoms with Crippen molar-refractivity contribution in [1.29, 1.82) is 0 Å². The molecule has 20 heavy (non-hydrogen) atoms. The predicted octanol–water partition coefficient (Wildman–Crippen LogP) is 1.14. The molecule has 2 rings (SSSR count). The zero-order valence-corrected chi connectivity index (χ0v) is 13.1. The summed E-state index contributed by atoms with van der Waals surface area (Å²) in [7, 11) is 2.18. The fraction of sp³-hybridized carbons (Fsp3) is 0.733. The van der Waals surface area contributed by atoms with Gasteiger partial charge in [0, 0.05) is 25.7 Å². The first-order valence-corrected chi connectivity index (χ1v) is 7.36. The summed E-state index contributed by atoms with van der Waals surface area (Å²) >= 11 is 0. The summed E-state index contributed by atoms with van der Waals surface area (Å²) in [6, 6.07) is 0.593. The van der Waals surface area contributed by atoms with Crippen molar-refractivity contribution in [2.24, 2.45) is 0 Å². The first-order chi connectivity index (χ1) is 9.65. The Labute approximate surface area is 122 Å². The van der Waals surface area contributed by atoms with E-state index in [9.17, 15) is 0 Å². The lowest BCUT2D eigenvalue weighted by atomic mass is 10.2. The van der Waals surface area contributed by atoms with Gasteiger partial charge in [-0.05, 0) is 34.2 Å². The number of aromatic nitrogens is 3. The molecule has 0 spiro atoms. The van der Waals surface area contributed by atoms with E-state index in [0.717, 1.165) is 44.4 Å². The maximum atomic E-state index is 4.30. The lowest BCUT2D eigenvalue weighted by molar-refractivity contribution is 0.223. The number of likely N-dealkylation sites (N-methyl/N-ethyl adjacent to an activating group) is 1. The second-order valence-electron chi connectivity index (χ2n) is 5.43. The summed E-state index contributed by atoms with van der Waals surface area (Å²) in [4.78, 5) is 4.82. The van der Waals surface area contributed by atoms with Crippen LogP contribution >= 0.6 is 0 Å². The van der Waals surface area contributed by atoms with Crippen molar-refractivity contribution in [3.63, 3.8) is 0 Å². The molecule has 1 aliphatic rings. The Morgan fingerprint density at radius 3 is 2.90 bits per heavy atom. The van der Waals surface area contributed by atoms with Crippen LogP contribution in [0.15, 0.2) is 0 Å². The van der Waals surface area contributed by atoms with Gasteiger partial charge in [-0.25, -0.2) is 0 Å². The van der Waals surface area contributed by atoms with Gasteiger partial charge in [0.1, 0.15) is 11.6 Å². The minimum atomic E-state index is 0.593. The van der Waals surface area contributed by atoms with E-state index in [-0.39, 0.29) is 0 Å². The molecule has 110 valence electrons. The Bertz CT molecular complexity index is 496. The van der Waals surface area contributed by atoms with Gasteiger partial charge in [-0.1, -0.05) is 5.92 Å². The molecule has 1 fully saturated rings. The molecule has 0 aromatic carbocycles. The fourth-order valence-corrected chi connectivity index (χ4v) is 2.81. The zero-order valence-electron chi connectivity index (χ0n) is 13.1. The smallest absolute Gasteiger partial charge is 0.147 e. The molecular weight excluding hydrogens is 250 g/mol. The molecule has 5 nitrogen and oxygen atoms in total. The van der Waals surface area contributed by atoms with Gasteiger partial charge in [0.05, 0.1) is 13.1 Å². The molecule has 1 aromatic rings. The van der Waals surface area contributed by atoms with Crippen LogP contribution in [0.2, 0.25) is 0 Å². The summed E-state index contributed by atoms with van der Waals surface area (Å²) in [6.07, 6.45) is 1.21. The van der Waals surface area contributed by atoms with Crippen LogP contribution in [-0.4, -0.2) is 57.3 Å². The third kappa shape index (κ3) is 3.38. The molecule has 1 unspecified atom stereocenters. The molecule has 2 heterocycles. The van der Waals surface area contributed by atoms with Gasteiger partial charge in [-0.15, -0.1) is 16.1 Å². The average molecular weight is 275 g/mol. The van der Waals surface area contributed by atoms with E-state index in [1.807, 2.05) is 13.8 Å². The minimum absolute atomic E-state index is 0.593. The lowest BCUT2D eigenvalue weighted by Crippen LogP contribution is -2.35. The summed E-state index contributed by atoms with van der Waals surface area (Å²) < 4.78 is 2.19.